The van der Waals surface area contributed by atoms with E-state index in [0.717, 1.165) is 0 Å². The number of furan rings is 1. The van der Waals surface area contributed by atoms with Crippen LogP contribution in [0.3, 0.4) is 0 Å². The summed E-state index contributed by atoms with van der Waals surface area (Å²) in [6, 6.07) is 7.06. The molecule has 8 nitrogen and oxygen atoms in total. The van der Waals surface area contributed by atoms with Gasteiger partial charge in [0.25, 0.3) is 10.0 Å². The summed E-state index contributed by atoms with van der Waals surface area (Å²) in [5.41, 5.74) is 5.29. The number of amides is 2. The second-order valence-corrected chi connectivity index (χ2v) is 8.50. The van der Waals surface area contributed by atoms with Gasteiger partial charge in [-0.05, 0) is 62.8 Å². The number of carbonyl (C=O) groups excluding carboxylic acids is 1. The lowest BCUT2D eigenvalue weighted by molar-refractivity contribution is 0.242. The second kappa shape index (κ2) is 8.19. The predicted molar refractivity (Wildman–Crippen MR) is 109 cm³/mol. The molecule has 0 saturated carbocycles. The monoisotopic (exact) mass is 425 g/mol. The molecule has 0 bridgehead atoms. The first-order valence-electron chi connectivity index (χ1n) is 8.45. The number of benzene rings is 1. The second-order valence-electron chi connectivity index (χ2n) is 6.36. The Hall–Kier alpha value is -2.59. The largest absolute Gasteiger partial charge is 0.492 e. The molecule has 2 amide bonds. The van der Waals surface area contributed by atoms with E-state index in [9.17, 15) is 13.2 Å². The number of ether oxygens (including phenoxy) is 1. The van der Waals surface area contributed by atoms with Crippen molar-refractivity contribution in [3.8, 4) is 5.75 Å². The molecule has 152 valence electrons. The van der Waals surface area contributed by atoms with Gasteiger partial charge >= 0.3 is 6.03 Å². The van der Waals surface area contributed by atoms with E-state index in [1.165, 1.54) is 19.2 Å². The molecule has 3 N–H and O–H groups in total. The van der Waals surface area contributed by atoms with Crippen molar-refractivity contribution in [1.29, 1.82) is 0 Å². The summed E-state index contributed by atoms with van der Waals surface area (Å²) in [7, 11) is -3.02. The molecular weight excluding hydrogens is 402 g/mol. The van der Waals surface area contributed by atoms with Crippen LogP contribution in [-0.4, -0.2) is 37.5 Å². The third kappa shape index (κ3) is 3.97. The molecule has 2 rings (SSSR count). The molecule has 10 heteroatoms. The Balaban J connectivity index is 2.70. The first kappa shape index (κ1) is 21.7. The van der Waals surface area contributed by atoms with Gasteiger partial charge in [0.15, 0.2) is 5.11 Å². The molecule has 0 fully saturated rings. The van der Waals surface area contributed by atoms with Crippen molar-refractivity contribution >= 4 is 33.4 Å². The molecule has 2 aromatic rings. The van der Waals surface area contributed by atoms with E-state index in [4.69, 9.17) is 27.1 Å². The Morgan fingerprint density at radius 3 is 2.54 bits per heavy atom. The number of nitrogens with zero attached hydrogens (tertiary/aromatic N) is 1. The van der Waals surface area contributed by atoms with E-state index in [2.05, 4.69) is 5.32 Å². The summed E-state index contributed by atoms with van der Waals surface area (Å²) >= 11 is 4.96. The molecule has 0 saturated heterocycles. The van der Waals surface area contributed by atoms with E-state index in [-0.39, 0.29) is 22.4 Å². The molecular formula is C18H23N3O5S2. The van der Waals surface area contributed by atoms with Gasteiger partial charge < -0.3 is 20.2 Å². The molecule has 0 atom stereocenters. The van der Waals surface area contributed by atoms with Crippen LogP contribution in [0.25, 0.3) is 0 Å². The normalized spacial score (nSPS) is 11.7. The van der Waals surface area contributed by atoms with E-state index < -0.39 is 21.5 Å². The SMILES string of the molecule is CCOc1ccc(C(C)(C)c2ccco2)cc1S(=O)(=O)N(C(N)=O)C(=S)NC. The minimum absolute atomic E-state index is 0.0895. The Labute approximate surface area is 169 Å². The topological polar surface area (TPSA) is 115 Å². The van der Waals surface area contributed by atoms with Crippen molar-refractivity contribution in [2.24, 2.45) is 5.73 Å². The summed E-state index contributed by atoms with van der Waals surface area (Å²) in [4.78, 5) is 11.6. The van der Waals surface area contributed by atoms with Gasteiger partial charge in [0.1, 0.15) is 16.4 Å². The number of primary amides is 1. The number of hydrogen-bond donors (Lipinski definition) is 2. The van der Waals surface area contributed by atoms with E-state index in [1.54, 1.807) is 31.4 Å². The van der Waals surface area contributed by atoms with Crippen LogP contribution in [0.4, 0.5) is 4.79 Å². The predicted octanol–water partition coefficient (Wildman–Crippen LogP) is 2.58. The van der Waals surface area contributed by atoms with Gasteiger partial charge in [-0.3, -0.25) is 0 Å². The fourth-order valence-electron chi connectivity index (χ4n) is 2.68. The number of hydrogen-bond acceptors (Lipinski definition) is 6. The standard InChI is InChI=1S/C18H23N3O5S2/c1-5-25-13-9-8-12(18(2,3)15-7-6-10-26-15)11-14(13)28(23,24)21(16(19)22)17(27)20-4/h6-11H,5H2,1-4H3,(H2,19,22)(H,20,27). The van der Waals surface area contributed by atoms with E-state index in [0.29, 0.717) is 15.6 Å². The van der Waals surface area contributed by atoms with Gasteiger partial charge in [-0.1, -0.05) is 6.07 Å². The summed E-state index contributed by atoms with van der Waals surface area (Å²) in [6.45, 7) is 5.74. The van der Waals surface area contributed by atoms with Crippen LogP contribution in [-0.2, 0) is 15.4 Å². The number of nitrogens with one attached hydrogen (secondary N) is 1. The van der Waals surface area contributed by atoms with Gasteiger partial charge in [0, 0.05) is 12.5 Å². The van der Waals surface area contributed by atoms with Crippen molar-refractivity contribution in [2.45, 2.75) is 31.1 Å². The highest BCUT2D eigenvalue weighted by Gasteiger charge is 2.36. The maximum atomic E-state index is 13.2. The fraction of sp³-hybridized carbons (Fsp3) is 0.333. The zero-order valence-corrected chi connectivity index (χ0v) is 17.7. The molecule has 0 aliphatic heterocycles. The molecule has 0 aliphatic rings. The number of rotatable bonds is 6. The van der Waals surface area contributed by atoms with Gasteiger partial charge in [-0.2, -0.15) is 4.31 Å². The smallest absolute Gasteiger partial charge is 0.335 e. The van der Waals surface area contributed by atoms with E-state index >= 15 is 0 Å². The van der Waals surface area contributed by atoms with E-state index in [1.807, 2.05) is 13.8 Å². The van der Waals surface area contributed by atoms with Crippen molar-refractivity contribution in [1.82, 2.24) is 9.62 Å². The molecule has 1 aromatic carbocycles. The van der Waals surface area contributed by atoms with Gasteiger partial charge in [0.05, 0.1) is 12.9 Å². The third-order valence-electron chi connectivity index (χ3n) is 4.22. The van der Waals surface area contributed by atoms with Crippen LogP contribution in [0.2, 0.25) is 0 Å². The van der Waals surface area contributed by atoms with Crippen molar-refractivity contribution < 1.29 is 22.4 Å². The molecule has 1 aromatic heterocycles. The average molecular weight is 426 g/mol. The third-order valence-corrected chi connectivity index (χ3v) is 6.44. The maximum absolute atomic E-state index is 13.2. The minimum Gasteiger partial charge on any atom is -0.492 e. The average Bonchev–Trinajstić information content (AvgIpc) is 3.17. The van der Waals surface area contributed by atoms with Crippen LogP contribution in [0.5, 0.6) is 5.75 Å². The number of nitrogens with two attached hydrogens (primary N) is 1. The first-order valence-corrected chi connectivity index (χ1v) is 10.3. The minimum atomic E-state index is -4.42. The lowest BCUT2D eigenvalue weighted by Gasteiger charge is -2.26. The molecule has 28 heavy (non-hydrogen) atoms. The molecule has 0 unspecified atom stereocenters. The van der Waals surface area contributed by atoms with Gasteiger partial charge in [-0.25, -0.2) is 13.2 Å². The summed E-state index contributed by atoms with van der Waals surface area (Å²) in [5, 5.41) is 2.12. The van der Waals surface area contributed by atoms with Crippen molar-refractivity contribution in [3.05, 3.63) is 47.9 Å². The Kier molecular flexibility index (Phi) is 6.35. The quantitative estimate of drug-likeness (QED) is 0.684. The molecule has 0 radical (unpaired) electrons. The Bertz CT molecular complexity index is 969. The zero-order valence-electron chi connectivity index (χ0n) is 16.1. The zero-order chi connectivity index (χ0) is 21.1. The fourth-order valence-corrected chi connectivity index (χ4v) is 4.46. The highest BCUT2D eigenvalue weighted by Crippen LogP contribution is 2.36. The molecule has 0 spiro atoms. The summed E-state index contributed by atoms with van der Waals surface area (Å²) in [5.74, 6) is 0.740. The van der Waals surface area contributed by atoms with Crippen LogP contribution < -0.4 is 15.8 Å². The lowest BCUT2D eigenvalue weighted by atomic mass is 9.82. The summed E-state index contributed by atoms with van der Waals surface area (Å²) in [6.07, 6.45) is 1.55. The highest BCUT2D eigenvalue weighted by atomic mass is 32.2. The molecule has 1 heterocycles. The highest BCUT2D eigenvalue weighted by molar-refractivity contribution is 7.92. The first-order chi connectivity index (χ1) is 13.1. The van der Waals surface area contributed by atoms with Crippen molar-refractivity contribution in [2.75, 3.05) is 13.7 Å². The lowest BCUT2D eigenvalue weighted by Crippen LogP contribution is -2.48. The number of carbonyl (C=O) groups is 1. The Morgan fingerprint density at radius 2 is 2.04 bits per heavy atom. The van der Waals surface area contributed by atoms with Gasteiger partial charge in [-0.15, -0.1) is 0 Å². The van der Waals surface area contributed by atoms with Crippen LogP contribution >= 0.6 is 12.2 Å². The molecule has 0 aliphatic carbocycles. The van der Waals surface area contributed by atoms with Crippen LogP contribution in [0, 0.1) is 0 Å². The summed E-state index contributed by atoms with van der Waals surface area (Å²) < 4.78 is 37.8. The number of thiocarbonyl (C=S) groups is 1. The number of sulfonamides is 1. The number of urea groups is 1. The van der Waals surface area contributed by atoms with Crippen LogP contribution in [0.1, 0.15) is 32.1 Å². The van der Waals surface area contributed by atoms with Crippen LogP contribution in [0.15, 0.2) is 45.9 Å². The maximum Gasteiger partial charge on any atom is 0.335 e. The van der Waals surface area contributed by atoms with Gasteiger partial charge in [0.2, 0.25) is 0 Å². The van der Waals surface area contributed by atoms with Crippen molar-refractivity contribution in [3.63, 3.8) is 0 Å². The Morgan fingerprint density at radius 1 is 1.36 bits per heavy atom.